The Morgan fingerprint density at radius 1 is 0.250 bits per heavy atom. The zero-order valence-corrected chi connectivity index (χ0v) is 37.3. The summed E-state index contributed by atoms with van der Waals surface area (Å²) in [5.41, 5.74) is 16.3. The van der Waals surface area contributed by atoms with E-state index in [2.05, 4.69) is 276 Å². The maximum absolute atomic E-state index is 2.44. The molecule has 12 aromatic carbocycles. The minimum Gasteiger partial charge on any atom is -0.310 e. The molecule has 1 heterocycles. The smallest absolute Gasteiger partial charge is 0.0619 e. The van der Waals surface area contributed by atoms with E-state index in [1.807, 2.05) is 0 Å². The van der Waals surface area contributed by atoms with Crippen LogP contribution in [0.2, 0.25) is 0 Å². The van der Waals surface area contributed by atoms with E-state index < -0.39 is 0 Å². The molecule has 0 spiro atoms. The van der Waals surface area contributed by atoms with Crippen molar-refractivity contribution in [2.75, 3.05) is 4.90 Å². The zero-order valence-electron chi connectivity index (χ0n) is 37.3. The van der Waals surface area contributed by atoms with Crippen molar-refractivity contribution in [1.29, 1.82) is 0 Å². The highest BCUT2D eigenvalue weighted by atomic mass is 15.1. The van der Waals surface area contributed by atoms with Crippen LogP contribution in [0.5, 0.6) is 0 Å². The van der Waals surface area contributed by atoms with Crippen LogP contribution < -0.4 is 4.90 Å². The molecule has 1 aromatic heterocycles. The number of nitrogens with zero attached hydrogens (tertiary/aromatic N) is 2. The fraction of sp³-hybridized carbons (Fsp3) is 0. The normalized spacial score (nSPS) is 11.5. The molecular weight excluding hydrogens is 821 g/mol. The summed E-state index contributed by atoms with van der Waals surface area (Å²) in [6, 6.07) is 97.5. The Kier molecular flexibility index (Phi) is 9.54. The highest BCUT2D eigenvalue weighted by molar-refractivity contribution is 6.19. The molecule has 318 valence electrons. The molecule has 0 aliphatic heterocycles. The molecule has 0 aliphatic carbocycles. The van der Waals surface area contributed by atoms with Crippen molar-refractivity contribution in [2.24, 2.45) is 0 Å². The van der Waals surface area contributed by atoms with Crippen molar-refractivity contribution in [1.82, 2.24) is 4.57 Å². The van der Waals surface area contributed by atoms with E-state index in [0.717, 1.165) is 28.3 Å². The first-order valence-electron chi connectivity index (χ1n) is 23.4. The Morgan fingerprint density at radius 3 is 1.40 bits per heavy atom. The van der Waals surface area contributed by atoms with Crippen molar-refractivity contribution in [3.8, 4) is 50.2 Å². The van der Waals surface area contributed by atoms with Gasteiger partial charge in [0.05, 0.1) is 11.0 Å². The van der Waals surface area contributed by atoms with Crippen LogP contribution in [0.15, 0.2) is 267 Å². The number of anilines is 3. The van der Waals surface area contributed by atoms with Gasteiger partial charge in [-0.3, -0.25) is 0 Å². The third-order valence-electron chi connectivity index (χ3n) is 13.8. The van der Waals surface area contributed by atoms with Crippen LogP contribution in [0, 0.1) is 0 Å². The molecule has 13 aromatic rings. The van der Waals surface area contributed by atoms with Gasteiger partial charge < -0.3 is 9.47 Å². The maximum atomic E-state index is 2.44. The fourth-order valence-corrected chi connectivity index (χ4v) is 10.4. The second kappa shape index (κ2) is 16.5. The summed E-state index contributed by atoms with van der Waals surface area (Å²) in [7, 11) is 0. The van der Waals surface area contributed by atoms with Gasteiger partial charge in [-0.25, -0.2) is 0 Å². The van der Waals surface area contributed by atoms with Crippen molar-refractivity contribution >= 4 is 71.2 Å². The summed E-state index contributed by atoms with van der Waals surface area (Å²) in [5.74, 6) is 0. The Balaban J connectivity index is 0.940. The van der Waals surface area contributed by atoms with E-state index in [9.17, 15) is 0 Å². The van der Waals surface area contributed by atoms with E-state index in [4.69, 9.17) is 0 Å². The molecule has 0 N–H and O–H groups in total. The first-order valence-corrected chi connectivity index (χ1v) is 23.4. The van der Waals surface area contributed by atoms with Crippen LogP contribution in [0.3, 0.4) is 0 Å². The van der Waals surface area contributed by atoms with Crippen molar-refractivity contribution < 1.29 is 0 Å². The molecule has 13 rings (SSSR count). The molecule has 0 fully saturated rings. The van der Waals surface area contributed by atoms with Crippen LogP contribution in [0.1, 0.15) is 0 Å². The SMILES string of the molecule is c1ccc(-c2ccc(N(c3ccc(-c4ccc5ccc6ccccc6c5c4)cc3)c3ccc(-c4ccc5c6ccc7ccccc7c6n(-c6ccccc6)c5c4)cc3)cc2-c2ccccc2)cc1. The van der Waals surface area contributed by atoms with Crippen molar-refractivity contribution in [2.45, 2.75) is 0 Å². The van der Waals surface area contributed by atoms with E-state index in [-0.39, 0.29) is 0 Å². The Morgan fingerprint density at radius 2 is 0.721 bits per heavy atom. The Hall–Kier alpha value is -8.98. The topological polar surface area (TPSA) is 8.17 Å². The van der Waals surface area contributed by atoms with Crippen molar-refractivity contribution in [3.63, 3.8) is 0 Å². The van der Waals surface area contributed by atoms with Crippen LogP contribution in [-0.4, -0.2) is 4.57 Å². The van der Waals surface area contributed by atoms with Gasteiger partial charge in [0.25, 0.3) is 0 Å². The summed E-state index contributed by atoms with van der Waals surface area (Å²) in [5, 5.41) is 10.0. The molecule has 0 atom stereocenters. The fourth-order valence-electron chi connectivity index (χ4n) is 10.4. The molecule has 0 bridgehead atoms. The molecule has 0 amide bonds. The number of para-hydroxylation sites is 1. The predicted molar refractivity (Wildman–Crippen MR) is 290 cm³/mol. The van der Waals surface area contributed by atoms with E-state index in [1.54, 1.807) is 0 Å². The highest BCUT2D eigenvalue weighted by Crippen LogP contribution is 2.43. The third kappa shape index (κ3) is 6.82. The van der Waals surface area contributed by atoms with Gasteiger partial charge in [0.15, 0.2) is 0 Å². The maximum Gasteiger partial charge on any atom is 0.0619 e. The molecule has 0 radical (unpaired) electrons. The summed E-state index contributed by atoms with van der Waals surface area (Å²) in [4.78, 5) is 2.39. The second-order valence-corrected chi connectivity index (χ2v) is 17.7. The molecule has 2 heteroatoms. The van der Waals surface area contributed by atoms with Crippen LogP contribution in [0.25, 0.3) is 104 Å². The monoisotopic (exact) mass is 864 g/mol. The van der Waals surface area contributed by atoms with Gasteiger partial charge in [-0.15, -0.1) is 0 Å². The van der Waals surface area contributed by atoms with E-state index in [0.29, 0.717) is 0 Å². The zero-order chi connectivity index (χ0) is 45.0. The summed E-state index contributed by atoms with van der Waals surface area (Å²) in [6.45, 7) is 0. The Bertz CT molecular complexity index is 3980. The average molecular weight is 865 g/mol. The van der Waals surface area contributed by atoms with Crippen LogP contribution in [-0.2, 0) is 0 Å². The van der Waals surface area contributed by atoms with E-state index in [1.165, 1.54) is 93.1 Å². The minimum atomic E-state index is 1.08. The number of hydrogen-bond acceptors (Lipinski definition) is 1. The van der Waals surface area contributed by atoms with Gasteiger partial charge in [-0.1, -0.05) is 206 Å². The van der Waals surface area contributed by atoms with Gasteiger partial charge in [-0.2, -0.15) is 0 Å². The lowest BCUT2D eigenvalue weighted by Gasteiger charge is -2.27. The lowest BCUT2D eigenvalue weighted by atomic mass is 9.93. The number of fused-ring (bicyclic) bond motifs is 8. The number of benzene rings is 12. The van der Waals surface area contributed by atoms with E-state index >= 15 is 0 Å². The summed E-state index contributed by atoms with van der Waals surface area (Å²) in [6.07, 6.45) is 0. The first-order chi connectivity index (χ1) is 33.7. The number of rotatable bonds is 8. The quantitative estimate of drug-likeness (QED) is 0.138. The molecule has 0 saturated carbocycles. The van der Waals surface area contributed by atoms with Crippen LogP contribution in [0.4, 0.5) is 17.1 Å². The second-order valence-electron chi connectivity index (χ2n) is 17.7. The Labute approximate surface area is 395 Å². The molecule has 0 saturated heterocycles. The molecule has 0 aliphatic rings. The lowest BCUT2D eigenvalue weighted by Crippen LogP contribution is -2.10. The number of aromatic nitrogens is 1. The number of hydrogen-bond donors (Lipinski definition) is 0. The molecule has 68 heavy (non-hydrogen) atoms. The third-order valence-corrected chi connectivity index (χ3v) is 13.8. The van der Waals surface area contributed by atoms with Gasteiger partial charge in [0.2, 0.25) is 0 Å². The van der Waals surface area contributed by atoms with Gasteiger partial charge in [0, 0.05) is 38.9 Å². The summed E-state index contributed by atoms with van der Waals surface area (Å²) >= 11 is 0. The largest absolute Gasteiger partial charge is 0.310 e. The molecular formula is C66H44N2. The first kappa shape index (κ1) is 39.4. The minimum absolute atomic E-state index is 1.08. The highest BCUT2D eigenvalue weighted by Gasteiger charge is 2.19. The summed E-state index contributed by atoms with van der Waals surface area (Å²) < 4.78 is 2.44. The van der Waals surface area contributed by atoms with Gasteiger partial charge >= 0.3 is 0 Å². The lowest BCUT2D eigenvalue weighted by molar-refractivity contribution is 1.19. The predicted octanol–water partition coefficient (Wildman–Crippen LogP) is 18.4. The molecule has 0 unspecified atom stereocenters. The van der Waals surface area contributed by atoms with Crippen molar-refractivity contribution in [3.05, 3.63) is 267 Å². The van der Waals surface area contributed by atoms with Gasteiger partial charge in [-0.05, 0) is 132 Å². The van der Waals surface area contributed by atoms with Crippen LogP contribution >= 0.6 is 0 Å². The standard InChI is InChI=1S/C66H44N2/c1-4-14-47(15-5-1)59-41-38-57(44-64(59)48-16-6-2-7-17-48)67(55-34-28-45(29-35-55)52-27-26-51-25-24-49-18-10-12-22-58(49)63(51)42-52)56-36-30-46(31-37-56)53-33-39-61-62-40-32-50-19-11-13-23-60(50)66(62)68(65(61)43-53)54-20-8-3-9-21-54/h1-44H. The average Bonchev–Trinajstić information content (AvgIpc) is 3.76. The molecule has 2 nitrogen and oxygen atoms in total. The van der Waals surface area contributed by atoms with Gasteiger partial charge in [0.1, 0.15) is 0 Å².